The van der Waals surface area contributed by atoms with Crippen molar-refractivity contribution in [1.29, 1.82) is 0 Å². The number of nitrogens with zero attached hydrogens (tertiary/aromatic N) is 4. The van der Waals surface area contributed by atoms with Gasteiger partial charge in [0, 0.05) is 18.3 Å². The third-order valence-electron chi connectivity index (χ3n) is 5.02. The van der Waals surface area contributed by atoms with Crippen LogP contribution in [0, 0.1) is 0 Å². The van der Waals surface area contributed by atoms with Gasteiger partial charge >= 0.3 is 0 Å². The molecule has 1 unspecified atom stereocenters. The van der Waals surface area contributed by atoms with Gasteiger partial charge in [-0.2, -0.15) is 0 Å². The molecule has 0 radical (unpaired) electrons. The van der Waals surface area contributed by atoms with E-state index in [4.69, 9.17) is 4.74 Å². The van der Waals surface area contributed by atoms with E-state index in [0.29, 0.717) is 12.4 Å². The number of hydrogen-bond donors (Lipinski definition) is 0. The lowest BCUT2D eigenvalue weighted by molar-refractivity contribution is -0.116. The fourth-order valence-electron chi connectivity index (χ4n) is 3.66. The summed E-state index contributed by atoms with van der Waals surface area (Å²) in [5, 5.41) is 9.30. The number of carbonyl (C=O) groups is 1. The zero-order valence-electron chi connectivity index (χ0n) is 16.6. The summed E-state index contributed by atoms with van der Waals surface area (Å²) in [7, 11) is 0. The van der Waals surface area contributed by atoms with Gasteiger partial charge in [0.2, 0.25) is 5.91 Å². The van der Waals surface area contributed by atoms with Gasteiger partial charge < -0.3 is 14.2 Å². The van der Waals surface area contributed by atoms with E-state index in [1.165, 1.54) is 17.3 Å². The second-order valence-electron chi connectivity index (χ2n) is 6.98. The van der Waals surface area contributed by atoms with Gasteiger partial charge in [0.05, 0.1) is 5.75 Å². The Bertz CT molecular complexity index is 989. The number of thioether (sulfide) groups is 1. The van der Waals surface area contributed by atoms with Gasteiger partial charge in [-0.15, -0.1) is 10.2 Å². The number of para-hydroxylation sites is 2. The van der Waals surface area contributed by atoms with Crippen LogP contribution in [-0.2, 0) is 24.4 Å². The van der Waals surface area contributed by atoms with Crippen molar-refractivity contribution in [2.24, 2.45) is 0 Å². The monoisotopic (exact) mass is 408 g/mol. The minimum atomic E-state index is 0.0974. The molecule has 29 heavy (non-hydrogen) atoms. The molecule has 0 saturated heterocycles. The van der Waals surface area contributed by atoms with Crippen LogP contribution in [0.15, 0.2) is 59.8 Å². The highest BCUT2D eigenvalue weighted by atomic mass is 32.2. The lowest BCUT2D eigenvalue weighted by Gasteiger charge is -2.22. The molecule has 1 aromatic heterocycles. The first-order valence-corrected chi connectivity index (χ1v) is 10.8. The van der Waals surface area contributed by atoms with Gasteiger partial charge in [-0.25, -0.2) is 0 Å². The van der Waals surface area contributed by atoms with Crippen molar-refractivity contribution in [3.63, 3.8) is 0 Å². The Kier molecular flexibility index (Phi) is 5.85. The van der Waals surface area contributed by atoms with Crippen LogP contribution in [0.1, 0.15) is 25.2 Å². The second kappa shape index (κ2) is 8.69. The molecule has 1 atom stereocenters. The molecule has 7 heteroatoms. The summed E-state index contributed by atoms with van der Waals surface area (Å²) in [5.41, 5.74) is 2.26. The molecule has 2 heterocycles. The standard InChI is InChI=1S/C22H24N4O2S/c1-3-25-20(14-28-18-10-5-4-6-11-18)23-24-22(25)29-15-21(27)26-16(2)13-17-9-7-8-12-19(17)26/h4-12,16H,3,13-15H2,1-2H3. The predicted molar refractivity (Wildman–Crippen MR) is 114 cm³/mol. The van der Waals surface area contributed by atoms with Crippen molar-refractivity contribution in [2.45, 2.75) is 44.6 Å². The molecule has 0 bridgehead atoms. The molecular formula is C22H24N4O2S. The van der Waals surface area contributed by atoms with E-state index in [9.17, 15) is 4.79 Å². The summed E-state index contributed by atoms with van der Waals surface area (Å²) in [6.07, 6.45) is 0.901. The van der Waals surface area contributed by atoms with Crippen molar-refractivity contribution in [2.75, 3.05) is 10.7 Å². The van der Waals surface area contributed by atoms with Crippen LogP contribution in [0.5, 0.6) is 5.75 Å². The lowest BCUT2D eigenvalue weighted by atomic mass is 10.1. The second-order valence-corrected chi connectivity index (χ2v) is 7.92. The van der Waals surface area contributed by atoms with Crippen LogP contribution in [0.2, 0.25) is 0 Å². The Morgan fingerprint density at radius 2 is 1.90 bits per heavy atom. The van der Waals surface area contributed by atoms with Crippen LogP contribution in [0.4, 0.5) is 5.69 Å². The number of benzene rings is 2. The molecule has 0 spiro atoms. The Morgan fingerprint density at radius 3 is 2.69 bits per heavy atom. The Morgan fingerprint density at radius 1 is 1.14 bits per heavy atom. The highest BCUT2D eigenvalue weighted by Crippen LogP contribution is 2.32. The van der Waals surface area contributed by atoms with Crippen LogP contribution < -0.4 is 9.64 Å². The molecule has 4 rings (SSSR count). The molecular weight excluding hydrogens is 384 g/mol. The number of anilines is 1. The largest absolute Gasteiger partial charge is 0.486 e. The van der Waals surface area contributed by atoms with Crippen molar-refractivity contribution in [1.82, 2.24) is 14.8 Å². The van der Waals surface area contributed by atoms with Gasteiger partial charge in [-0.05, 0) is 44.0 Å². The predicted octanol–water partition coefficient (Wildman–Crippen LogP) is 3.95. The quantitative estimate of drug-likeness (QED) is 0.554. The minimum Gasteiger partial charge on any atom is -0.486 e. The number of rotatable bonds is 7. The Hall–Kier alpha value is -2.80. The maximum absolute atomic E-state index is 12.9. The smallest absolute Gasteiger partial charge is 0.237 e. The number of ether oxygens (including phenoxy) is 1. The minimum absolute atomic E-state index is 0.0974. The molecule has 6 nitrogen and oxygen atoms in total. The summed E-state index contributed by atoms with van der Waals surface area (Å²) in [6.45, 7) is 5.20. The summed E-state index contributed by atoms with van der Waals surface area (Å²) >= 11 is 1.43. The summed E-state index contributed by atoms with van der Waals surface area (Å²) in [6, 6.07) is 18.0. The zero-order valence-corrected chi connectivity index (χ0v) is 17.4. The summed E-state index contributed by atoms with van der Waals surface area (Å²) in [5.74, 6) is 1.98. The number of fused-ring (bicyclic) bond motifs is 1. The van der Waals surface area contributed by atoms with Gasteiger partial charge in [0.1, 0.15) is 12.4 Å². The fourth-order valence-corrected chi connectivity index (χ4v) is 4.54. The molecule has 150 valence electrons. The van der Waals surface area contributed by atoms with Crippen molar-refractivity contribution >= 4 is 23.4 Å². The molecule has 1 amide bonds. The zero-order chi connectivity index (χ0) is 20.2. The SMILES string of the molecule is CCn1c(COc2ccccc2)nnc1SCC(=O)N1c2ccccc2CC1C. The Labute approximate surface area is 174 Å². The highest BCUT2D eigenvalue weighted by molar-refractivity contribution is 7.99. The van der Waals surface area contributed by atoms with E-state index < -0.39 is 0 Å². The average molecular weight is 409 g/mol. The first-order valence-electron chi connectivity index (χ1n) is 9.80. The van der Waals surface area contributed by atoms with Gasteiger partial charge in [0.25, 0.3) is 0 Å². The van der Waals surface area contributed by atoms with E-state index in [1.807, 2.05) is 64.9 Å². The Balaban J connectivity index is 1.41. The van der Waals surface area contributed by atoms with Crippen LogP contribution >= 0.6 is 11.8 Å². The maximum atomic E-state index is 12.9. The highest BCUT2D eigenvalue weighted by Gasteiger charge is 2.30. The first-order chi connectivity index (χ1) is 14.2. The number of amides is 1. The number of hydrogen-bond acceptors (Lipinski definition) is 5. The third-order valence-corrected chi connectivity index (χ3v) is 5.97. The van der Waals surface area contributed by atoms with Crippen molar-refractivity contribution in [3.05, 3.63) is 66.0 Å². The van der Waals surface area contributed by atoms with E-state index in [2.05, 4.69) is 23.2 Å². The topological polar surface area (TPSA) is 60.2 Å². The molecule has 1 aliphatic heterocycles. The average Bonchev–Trinajstić information content (AvgIpc) is 3.30. The molecule has 0 aliphatic carbocycles. The molecule has 3 aromatic rings. The van der Waals surface area contributed by atoms with Crippen molar-refractivity contribution in [3.8, 4) is 5.75 Å². The maximum Gasteiger partial charge on any atom is 0.237 e. The van der Waals surface area contributed by atoms with Gasteiger partial charge in [-0.3, -0.25) is 4.79 Å². The number of aromatic nitrogens is 3. The summed E-state index contributed by atoms with van der Waals surface area (Å²) in [4.78, 5) is 14.8. The third kappa shape index (κ3) is 4.15. The van der Waals surface area contributed by atoms with E-state index >= 15 is 0 Å². The number of carbonyl (C=O) groups excluding carboxylic acids is 1. The lowest BCUT2D eigenvalue weighted by Crippen LogP contribution is -2.37. The van der Waals surface area contributed by atoms with Crippen LogP contribution in [-0.4, -0.2) is 32.5 Å². The van der Waals surface area contributed by atoms with Gasteiger partial charge in [0.15, 0.2) is 11.0 Å². The van der Waals surface area contributed by atoms with E-state index in [-0.39, 0.29) is 11.9 Å². The normalized spacial score (nSPS) is 15.4. The molecule has 2 aromatic carbocycles. The first kappa shape index (κ1) is 19.5. The summed E-state index contributed by atoms with van der Waals surface area (Å²) < 4.78 is 7.80. The molecule has 0 fully saturated rings. The molecule has 0 N–H and O–H groups in total. The molecule has 1 aliphatic rings. The van der Waals surface area contributed by atoms with Crippen LogP contribution in [0.25, 0.3) is 0 Å². The molecule has 0 saturated carbocycles. The van der Waals surface area contributed by atoms with Crippen molar-refractivity contribution < 1.29 is 9.53 Å². The van der Waals surface area contributed by atoms with E-state index in [0.717, 1.165) is 35.4 Å². The van der Waals surface area contributed by atoms with Crippen LogP contribution in [0.3, 0.4) is 0 Å². The van der Waals surface area contributed by atoms with Gasteiger partial charge in [-0.1, -0.05) is 48.2 Å². The van der Waals surface area contributed by atoms with E-state index in [1.54, 1.807) is 0 Å². The fraction of sp³-hybridized carbons (Fsp3) is 0.318.